The number of aromatic nitrogens is 5. The molecule has 0 saturated carbocycles. The van der Waals surface area contributed by atoms with Crippen LogP contribution in [0.3, 0.4) is 0 Å². The fourth-order valence-corrected chi connectivity index (χ4v) is 3.83. The van der Waals surface area contributed by atoms with Gasteiger partial charge in [0.25, 0.3) is 0 Å². The fourth-order valence-electron chi connectivity index (χ4n) is 2.90. The molecule has 1 amide bonds. The Morgan fingerprint density at radius 1 is 1.14 bits per heavy atom. The zero-order valence-electron chi connectivity index (χ0n) is 16.7. The minimum Gasteiger partial charge on any atom is -0.310 e. The lowest BCUT2D eigenvalue weighted by Gasteiger charge is -2.15. The summed E-state index contributed by atoms with van der Waals surface area (Å²) in [4.78, 5) is 12.7. The molecule has 0 aliphatic carbocycles. The van der Waals surface area contributed by atoms with Gasteiger partial charge in [-0.3, -0.25) is 4.79 Å². The number of anilines is 1. The first kappa shape index (κ1) is 20.1. The van der Waals surface area contributed by atoms with Gasteiger partial charge in [0.05, 0.1) is 11.4 Å². The smallest absolute Gasteiger partial charge is 0.238 e. The van der Waals surface area contributed by atoms with E-state index >= 15 is 0 Å². The van der Waals surface area contributed by atoms with Crippen LogP contribution in [0.4, 0.5) is 5.82 Å². The average molecular weight is 399 g/mol. The number of nitrogens with one attached hydrogen (secondary N) is 1. The standard InChI is InChI=1S/C20H26N6OS/c1-5-25-18(13-16-9-7-6-8-10-16)23-24-20(25)28-15(4)19(27)22-17-11-12-21-26(17)14(2)3/h6-12,14-15H,5,13H2,1-4H3,(H,22,27)/t15-/m0/s1. The highest BCUT2D eigenvalue weighted by Crippen LogP contribution is 2.24. The van der Waals surface area contributed by atoms with Crippen molar-refractivity contribution in [1.82, 2.24) is 24.5 Å². The summed E-state index contributed by atoms with van der Waals surface area (Å²) in [7, 11) is 0. The highest BCUT2D eigenvalue weighted by molar-refractivity contribution is 8.00. The predicted octanol–water partition coefficient (Wildman–Crippen LogP) is 3.79. The number of benzene rings is 1. The summed E-state index contributed by atoms with van der Waals surface area (Å²) in [5, 5.41) is 16.3. The maximum Gasteiger partial charge on any atom is 0.238 e. The molecule has 0 spiro atoms. The average Bonchev–Trinajstić information content (AvgIpc) is 3.29. The molecule has 1 N–H and O–H groups in total. The van der Waals surface area contributed by atoms with E-state index in [1.165, 1.54) is 17.3 Å². The number of thioether (sulfide) groups is 1. The number of rotatable bonds is 8. The Morgan fingerprint density at radius 3 is 2.57 bits per heavy atom. The molecule has 0 bridgehead atoms. The van der Waals surface area contributed by atoms with Gasteiger partial charge in [-0.1, -0.05) is 42.1 Å². The van der Waals surface area contributed by atoms with Crippen molar-refractivity contribution in [3.63, 3.8) is 0 Å². The number of amides is 1. The van der Waals surface area contributed by atoms with Crippen LogP contribution < -0.4 is 5.32 Å². The Morgan fingerprint density at radius 2 is 1.89 bits per heavy atom. The second-order valence-electron chi connectivity index (χ2n) is 6.81. The number of carbonyl (C=O) groups is 1. The zero-order chi connectivity index (χ0) is 20.1. The van der Waals surface area contributed by atoms with Crippen LogP contribution in [0.25, 0.3) is 0 Å². The summed E-state index contributed by atoms with van der Waals surface area (Å²) in [5.41, 5.74) is 1.19. The summed E-state index contributed by atoms with van der Waals surface area (Å²) in [5.74, 6) is 1.53. The highest BCUT2D eigenvalue weighted by atomic mass is 32.2. The van der Waals surface area contributed by atoms with Crippen LogP contribution in [0.1, 0.15) is 45.1 Å². The van der Waals surface area contributed by atoms with Crippen LogP contribution in [0, 0.1) is 0 Å². The lowest BCUT2D eigenvalue weighted by molar-refractivity contribution is -0.115. The van der Waals surface area contributed by atoms with Crippen molar-refractivity contribution in [2.75, 3.05) is 5.32 Å². The molecular formula is C20H26N6OS. The SMILES string of the molecule is CCn1c(Cc2ccccc2)nnc1S[C@@H](C)C(=O)Nc1ccnn1C(C)C. The zero-order valence-corrected chi connectivity index (χ0v) is 17.5. The van der Waals surface area contributed by atoms with Gasteiger partial charge in [-0.25, -0.2) is 4.68 Å². The van der Waals surface area contributed by atoms with Crippen molar-refractivity contribution < 1.29 is 4.79 Å². The molecule has 2 aromatic heterocycles. The van der Waals surface area contributed by atoms with Crippen LogP contribution >= 0.6 is 11.8 Å². The normalized spacial score (nSPS) is 12.3. The molecule has 0 aliphatic heterocycles. The van der Waals surface area contributed by atoms with Crippen LogP contribution in [0.5, 0.6) is 0 Å². The Bertz CT molecular complexity index is 918. The number of carbonyl (C=O) groups excluding carboxylic acids is 1. The lowest BCUT2D eigenvalue weighted by atomic mass is 10.1. The third-order valence-electron chi connectivity index (χ3n) is 4.38. The van der Waals surface area contributed by atoms with Gasteiger partial charge in [0.2, 0.25) is 5.91 Å². The summed E-state index contributed by atoms with van der Waals surface area (Å²) in [6.07, 6.45) is 2.41. The van der Waals surface area contributed by atoms with Gasteiger partial charge in [0.15, 0.2) is 5.16 Å². The Labute approximate surface area is 169 Å². The van der Waals surface area contributed by atoms with Crippen LogP contribution in [-0.4, -0.2) is 35.7 Å². The van der Waals surface area contributed by atoms with E-state index in [2.05, 4.69) is 44.2 Å². The Balaban J connectivity index is 1.69. The first-order valence-corrected chi connectivity index (χ1v) is 10.3. The third kappa shape index (κ3) is 4.62. The van der Waals surface area contributed by atoms with Crippen molar-refractivity contribution in [2.45, 2.75) is 57.1 Å². The molecule has 0 unspecified atom stereocenters. The molecule has 1 atom stereocenters. The molecule has 0 radical (unpaired) electrons. The maximum absolute atomic E-state index is 12.7. The van der Waals surface area contributed by atoms with Gasteiger partial charge in [0, 0.05) is 25.1 Å². The number of nitrogens with zero attached hydrogens (tertiary/aromatic N) is 5. The van der Waals surface area contributed by atoms with E-state index in [-0.39, 0.29) is 17.2 Å². The lowest BCUT2D eigenvalue weighted by Crippen LogP contribution is -2.25. The first-order valence-electron chi connectivity index (χ1n) is 9.46. The van der Waals surface area contributed by atoms with Gasteiger partial charge < -0.3 is 9.88 Å². The Hall–Kier alpha value is -2.61. The fraction of sp³-hybridized carbons (Fsp3) is 0.400. The highest BCUT2D eigenvalue weighted by Gasteiger charge is 2.21. The van der Waals surface area contributed by atoms with Gasteiger partial charge in [-0.2, -0.15) is 5.10 Å². The van der Waals surface area contributed by atoms with Crippen LogP contribution in [-0.2, 0) is 17.8 Å². The number of hydrogen-bond acceptors (Lipinski definition) is 5. The molecule has 0 fully saturated rings. The molecule has 0 saturated heterocycles. The van der Waals surface area contributed by atoms with Crippen molar-refractivity contribution in [1.29, 1.82) is 0 Å². The maximum atomic E-state index is 12.7. The molecule has 148 valence electrons. The summed E-state index contributed by atoms with van der Waals surface area (Å²) < 4.78 is 3.86. The quantitative estimate of drug-likeness (QED) is 0.584. The van der Waals surface area contributed by atoms with E-state index in [1.807, 2.05) is 45.0 Å². The van der Waals surface area contributed by atoms with Gasteiger partial charge in [0.1, 0.15) is 11.6 Å². The monoisotopic (exact) mass is 398 g/mol. The van der Waals surface area contributed by atoms with Crippen LogP contribution in [0.15, 0.2) is 47.8 Å². The van der Waals surface area contributed by atoms with Gasteiger partial charge >= 0.3 is 0 Å². The van der Waals surface area contributed by atoms with E-state index in [4.69, 9.17) is 0 Å². The minimum atomic E-state index is -0.311. The van der Waals surface area contributed by atoms with E-state index < -0.39 is 0 Å². The van der Waals surface area contributed by atoms with Gasteiger partial charge in [-0.05, 0) is 33.3 Å². The summed E-state index contributed by atoms with van der Waals surface area (Å²) >= 11 is 1.42. The molecule has 3 aromatic rings. The molecule has 0 aliphatic rings. The third-order valence-corrected chi connectivity index (χ3v) is 5.46. The second-order valence-corrected chi connectivity index (χ2v) is 8.12. The van der Waals surface area contributed by atoms with Crippen LogP contribution in [0.2, 0.25) is 0 Å². The molecule has 1 aromatic carbocycles. The van der Waals surface area contributed by atoms with E-state index in [0.717, 1.165) is 23.9 Å². The first-order chi connectivity index (χ1) is 13.5. The largest absolute Gasteiger partial charge is 0.310 e. The summed E-state index contributed by atoms with van der Waals surface area (Å²) in [6, 6.07) is 12.2. The molecule has 3 rings (SSSR count). The molecular weight excluding hydrogens is 372 g/mol. The van der Waals surface area contributed by atoms with Crippen molar-refractivity contribution in [2.24, 2.45) is 0 Å². The minimum absolute atomic E-state index is 0.0809. The van der Waals surface area contributed by atoms with Crippen molar-refractivity contribution in [3.05, 3.63) is 54.0 Å². The molecule has 8 heteroatoms. The van der Waals surface area contributed by atoms with Crippen molar-refractivity contribution >= 4 is 23.5 Å². The molecule has 7 nitrogen and oxygen atoms in total. The molecule has 28 heavy (non-hydrogen) atoms. The van der Waals surface area contributed by atoms with Crippen molar-refractivity contribution in [3.8, 4) is 0 Å². The summed E-state index contributed by atoms with van der Waals surface area (Å²) in [6.45, 7) is 8.75. The number of hydrogen-bond donors (Lipinski definition) is 1. The van der Waals surface area contributed by atoms with Gasteiger partial charge in [-0.15, -0.1) is 10.2 Å². The Kier molecular flexibility index (Phi) is 6.51. The van der Waals surface area contributed by atoms with E-state index in [9.17, 15) is 4.79 Å². The predicted molar refractivity (Wildman–Crippen MR) is 112 cm³/mol. The second kappa shape index (κ2) is 9.05. The van der Waals surface area contributed by atoms with E-state index in [0.29, 0.717) is 5.82 Å². The molecule has 2 heterocycles. The van der Waals surface area contributed by atoms with E-state index in [1.54, 1.807) is 10.9 Å². The topological polar surface area (TPSA) is 77.6 Å².